The van der Waals surface area contributed by atoms with Crippen molar-refractivity contribution in [3.8, 4) is 17.0 Å². The second-order valence-corrected chi connectivity index (χ2v) is 7.80. The summed E-state index contributed by atoms with van der Waals surface area (Å²) in [4.78, 5) is 20.4. The third-order valence-electron chi connectivity index (χ3n) is 5.77. The van der Waals surface area contributed by atoms with Gasteiger partial charge < -0.3 is 15.6 Å². The lowest BCUT2D eigenvalue weighted by atomic mass is 9.85. The average Bonchev–Trinajstić information content (AvgIpc) is 3.12. The molecule has 156 valence electrons. The Labute approximate surface area is 179 Å². The molecule has 0 spiro atoms. The lowest BCUT2D eigenvalue weighted by Crippen LogP contribution is -2.12. The number of nitrogens with two attached hydrogens (primary N) is 1. The van der Waals surface area contributed by atoms with E-state index < -0.39 is 5.97 Å². The minimum atomic E-state index is -0.955. The number of aromatic nitrogens is 3. The lowest BCUT2D eigenvalue weighted by Gasteiger charge is -2.23. The molecular weight excluding hydrogens is 392 g/mol. The third-order valence-corrected chi connectivity index (χ3v) is 5.77. The first kappa shape index (κ1) is 19.1. The molecule has 0 unspecified atom stereocenters. The summed E-state index contributed by atoms with van der Waals surface area (Å²) in [5.74, 6) is 1.65. The number of hydrogen-bond acceptors (Lipinski definition) is 5. The highest BCUT2D eigenvalue weighted by Gasteiger charge is 2.26. The van der Waals surface area contributed by atoms with E-state index in [-0.39, 0.29) is 12.2 Å². The second-order valence-electron chi connectivity index (χ2n) is 7.80. The van der Waals surface area contributed by atoms with Crippen LogP contribution in [0, 0.1) is 0 Å². The number of carboxylic acids is 1. The molecule has 3 N–H and O–H groups in total. The molecule has 0 radical (unpaired) electrons. The summed E-state index contributed by atoms with van der Waals surface area (Å²) in [7, 11) is 0. The number of nitrogen functional groups attached to an aromatic ring is 1. The van der Waals surface area contributed by atoms with Gasteiger partial charge in [0.1, 0.15) is 35.2 Å². The molecule has 2 aromatic carbocycles. The van der Waals surface area contributed by atoms with Crippen LogP contribution in [0.1, 0.15) is 46.9 Å². The van der Waals surface area contributed by atoms with Crippen LogP contribution in [0.4, 0.5) is 5.82 Å². The van der Waals surface area contributed by atoms with Crippen LogP contribution in [0.3, 0.4) is 0 Å². The highest BCUT2D eigenvalue weighted by atomic mass is 16.5. The predicted molar refractivity (Wildman–Crippen MR) is 117 cm³/mol. The van der Waals surface area contributed by atoms with Crippen LogP contribution in [-0.2, 0) is 6.61 Å². The van der Waals surface area contributed by atoms with E-state index in [0.717, 1.165) is 41.0 Å². The van der Waals surface area contributed by atoms with E-state index in [1.165, 1.54) is 6.42 Å². The first-order valence-corrected chi connectivity index (χ1v) is 10.3. The van der Waals surface area contributed by atoms with E-state index in [2.05, 4.69) is 9.38 Å². The van der Waals surface area contributed by atoms with Gasteiger partial charge in [0.25, 0.3) is 0 Å². The smallest absolute Gasteiger partial charge is 0.335 e. The molecule has 1 saturated carbocycles. The second kappa shape index (κ2) is 7.75. The highest BCUT2D eigenvalue weighted by molar-refractivity contribution is 5.87. The number of benzene rings is 2. The molecule has 1 aliphatic rings. The fourth-order valence-electron chi connectivity index (χ4n) is 3.94. The normalized spacial score (nSPS) is 13.8. The average molecular weight is 414 g/mol. The Balaban J connectivity index is 1.46. The molecule has 0 bridgehead atoms. The maximum Gasteiger partial charge on any atom is 0.335 e. The molecule has 0 atom stereocenters. The molecule has 7 nitrogen and oxygen atoms in total. The Morgan fingerprint density at radius 1 is 1.19 bits per heavy atom. The fourth-order valence-corrected chi connectivity index (χ4v) is 3.94. The number of hydrogen-bond donors (Lipinski definition) is 2. The highest BCUT2D eigenvalue weighted by Crippen LogP contribution is 2.39. The standard InChI is InChI=1S/C24H22N4O3/c25-22-21-20(27-23(16-5-2-6-16)28(21)11-10-26-22)17-7-3-9-19(13-17)31-14-15-4-1-8-18(12-15)24(29)30/h1,3-4,7-13,16H,2,5-6,14H2,(H2,25,26)(H,29,30). The van der Waals surface area contributed by atoms with Gasteiger partial charge in [0, 0.05) is 23.9 Å². The van der Waals surface area contributed by atoms with E-state index in [0.29, 0.717) is 17.5 Å². The topological polar surface area (TPSA) is 103 Å². The van der Waals surface area contributed by atoms with Gasteiger partial charge in [-0.25, -0.2) is 14.8 Å². The largest absolute Gasteiger partial charge is 0.489 e. The maximum atomic E-state index is 11.2. The Hall–Kier alpha value is -3.87. The van der Waals surface area contributed by atoms with Crippen LogP contribution in [-0.4, -0.2) is 25.4 Å². The van der Waals surface area contributed by atoms with Crippen molar-refractivity contribution in [2.75, 3.05) is 5.73 Å². The van der Waals surface area contributed by atoms with E-state index in [4.69, 9.17) is 20.6 Å². The quantitative estimate of drug-likeness (QED) is 0.481. The summed E-state index contributed by atoms with van der Waals surface area (Å²) in [5.41, 5.74) is 9.77. The van der Waals surface area contributed by atoms with Crippen LogP contribution in [0.5, 0.6) is 5.75 Å². The summed E-state index contributed by atoms with van der Waals surface area (Å²) in [6.45, 7) is 0.269. The zero-order chi connectivity index (χ0) is 21.4. The summed E-state index contributed by atoms with van der Waals surface area (Å²) in [6.07, 6.45) is 7.13. The van der Waals surface area contributed by atoms with Crippen molar-refractivity contribution in [3.63, 3.8) is 0 Å². The van der Waals surface area contributed by atoms with Crippen molar-refractivity contribution >= 4 is 17.3 Å². The Bertz CT molecular complexity index is 1280. The number of fused-ring (bicyclic) bond motifs is 1. The van der Waals surface area contributed by atoms with E-state index in [9.17, 15) is 4.79 Å². The number of carboxylic acid groups (broad SMARTS) is 1. The number of imidazole rings is 1. The number of carbonyl (C=O) groups is 1. The molecule has 0 amide bonds. The van der Waals surface area contributed by atoms with E-state index in [1.54, 1.807) is 24.4 Å². The van der Waals surface area contributed by atoms with Crippen LogP contribution < -0.4 is 10.5 Å². The van der Waals surface area contributed by atoms with Crippen LogP contribution in [0.25, 0.3) is 16.8 Å². The van der Waals surface area contributed by atoms with Gasteiger partial charge in [-0.05, 0) is 42.7 Å². The van der Waals surface area contributed by atoms with Gasteiger partial charge in [0.2, 0.25) is 0 Å². The van der Waals surface area contributed by atoms with Gasteiger partial charge in [0.15, 0.2) is 0 Å². The number of nitrogens with zero attached hydrogens (tertiary/aromatic N) is 3. The van der Waals surface area contributed by atoms with E-state index in [1.807, 2.05) is 36.5 Å². The van der Waals surface area contributed by atoms with Crippen molar-refractivity contribution in [1.82, 2.24) is 14.4 Å². The first-order valence-electron chi connectivity index (χ1n) is 10.3. The summed E-state index contributed by atoms with van der Waals surface area (Å²) in [6, 6.07) is 14.4. The fraction of sp³-hybridized carbons (Fsp3) is 0.208. The van der Waals surface area contributed by atoms with Gasteiger partial charge in [-0.3, -0.25) is 4.40 Å². The minimum absolute atomic E-state index is 0.242. The molecule has 4 aromatic rings. The predicted octanol–water partition coefficient (Wildman–Crippen LogP) is 4.52. The number of aromatic carboxylic acids is 1. The van der Waals surface area contributed by atoms with E-state index >= 15 is 0 Å². The van der Waals surface area contributed by atoms with Crippen LogP contribution in [0.2, 0.25) is 0 Å². The molecule has 5 rings (SSSR count). The molecule has 7 heteroatoms. The lowest BCUT2D eigenvalue weighted by molar-refractivity contribution is 0.0696. The minimum Gasteiger partial charge on any atom is -0.489 e. The Morgan fingerprint density at radius 3 is 2.81 bits per heavy atom. The third kappa shape index (κ3) is 3.59. The number of rotatable bonds is 6. The van der Waals surface area contributed by atoms with Gasteiger partial charge in [-0.15, -0.1) is 0 Å². The van der Waals surface area contributed by atoms with Gasteiger partial charge >= 0.3 is 5.97 Å². The van der Waals surface area contributed by atoms with Crippen LogP contribution >= 0.6 is 0 Å². The monoisotopic (exact) mass is 414 g/mol. The zero-order valence-electron chi connectivity index (χ0n) is 16.9. The Kier molecular flexibility index (Phi) is 4.78. The van der Waals surface area contributed by atoms with Gasteiger partial charge in [0.05, 0.1) is 5.56 Å². The summed E-state index contributed by atoms with van der Waals surface area (Å²) >= 11 is 0. The molecule has 0 aliphatic heterocycles. The maximum absolute atomic E-state index is 11.2. The van der Waals surface area contributed by atoms with Crippen molar-refractivity contribution in [2.24, 2.45) is 0 Å². The molecule has 2 heterocycles. The van der Waals surface area contributed by atoms with Crippen molar-refractivity contribution in [3.05, 3.63) is 77.9 Å². The van der Waals surface area contributed by atoms with Gasteiger partial charge in [-0.1, -0.05) is 30.7 Å². The molecule has 1 fully saturated rings. The van der Waals surface area contributed by atoms with Crippen LogP contribution in [0.15, 0.2) is 60.9 Å². The molecule has 31 heavy (non-hydrogen) atoms. The van der Waals surface area contributed by atoms with Gasteiger partial charge in [-0.2, -0.15) is 0 Å². The number of ether oxygens (including phenoxy) is 1. The summed E-state index contributed by atoms with van der Waals surface area (Å²) in [5, 5.41) is 9.16. The first-order chi connectivity index (χ1) is 15.1. The van der Waals surface area contributed by atoms with Crippen molar-refractivity contribution in [2.45, 2.75) is 31.8 Å². The van der Waals surface area contributed by atoms with Crippen molar-refractivity contribution < 1.29 is 14.6 Å². The molecule has 2 aromatic heterocycles. The molecule has 0 saturated heterocycles. The summed E-state index contributed by atoms with van der Waals surface area (Å²) < 4.78 is 8.01. The Morgan fingerprint density at radius 2 is 2.03 bits per heavy atom. The molecular formula is C24H22N4O3. The molecule has 1 aliphatic carbocycles. The SMILES string of the molecule is Nc1nccn2c(C3CCC3)nc(-c3cccc(OCc4cccc(C(=O)O)c4)c3)c12. The number of anilines is 1. The van der Waals surface area contributed by atoms with Crippen molar-refractivity contribution in [1.29, 1.82) is 0 Å². The zero-order valence-corrected chi connectivity index (χ0v) is 16.9.